The predicted octanol–water partition coefficient (Wildman–Crippen LogP) is 3.05. The van der Waals surface area contributed by atoms with E-state index in [1.807, 2.05) is 27.6 Å². The Balaban J connectivity index is 1.42. The zero-order valence-electron chi connectivity index (χ0n) is 19.8. The van der Waals surface area contributed by atoms with E-state index in [0.29, 0.717) is 24.9 Å². The van der Waals surface area contributed by atoms with Crippen molar-refractivity contribution in [2.45, 2.75) is 32.6 Å². The van der Waals surface area contributed by atoms with Gasteiger partial charge in [-0.05, 0) is 25.3 Å². The number of aryl methyl sites for hydroxylation is 1. The third kappa shape index (κ3) is 4.89. The minimum Gasteiger partial charge on any atom is -0.378 e. The highest BCUT2D eigenvalue weighted by atomic mass is 16.5. The Morgan fingerprint density at radius 3 is 2.68 bits per heavy atom. The van der Waals surface area contributed by atoms with E-state index >= 15 is 0 Å². The summed E-state index contributed by atoms with van der Waals surface area (Å²) in [5.74, 6) is 2.13. The van der Waals surface area contributed by atoms with Crippen LogP contribution in [-0.2, 0) is 9.53 Å². The number of rotatable bonds is 5. The number of hydrazone groups is 1. The van der Waals surface area contributed by atoms with E-state index in [4.69, 9.17) is 14.8 Å². The fourth-order valence-electron chi connectivity index (χ4n) is 4.66. The zero-order chi connectivity index (χ0) is 23.5. The molecule has 34 heavy (non-hydrogen) atoms. The number of aromatic nitrogens is 3. The molecular weight excluding hydrogens is 430 g/mol. The van der Waals surface area contributed by atoms with Crippen LogP contribution in [0.3, 0.4) is 0 Å². The topological polar surface area (TPSA) is 87.4 Å². The first-order valence-electron chi connectivity index (χ1n) is 11.9. The molecule has 9 nitrogen and oxygen atoms in total. The number of hydrogen-bond donors (Lipinski definition) is 1. The van der Waals surface area contributed by atoms with Gasteiger partial charge in [-0.15, -0.1) is 0 Å². The molecule has 5 rings (SSSR count). The summed E-state index contributed by atoms with van der Waals surface area (Å²) in [6, 6.07) is 12.3. The van der Waals surface area contributed by atoms with Gasteiger partial charge in [0.1, 0.15) is 5.82 Å². The largest absolute Gasteiger partial charge is 0.378 e. The minimum absolute atomic E-state index is 0.145. The number of ether oxygens (including phenoxy) is 1. The lowest BCUT2D eigenvalue weighted by atomic mass is 9.94. The van der Waals surface area contributed by atoms with Crippen molar-refractivity contribution in [1.29, 1.82) is 0 Å². The average Bonchev–Trinajstić information content (AvgIpc) is 3.28. The van der Waals surface area contributed by atoms with E-state index in [1.165, 1.54) is 5.56 Å². The fraction of sp³-hybridized carbons (Fsp3) is 0.440. The zero-order valence-corrected chi connectivity index (χ0v) is 19.8. The van der Waals surface area contributed by atoms with Gasteiger partial charge in [-0.2, -0.15) is 14.7 Å². The summed E-state index contributed by atoms with van der Waals surface area (Å²) in [6.45, 7) is 8.24. The van der Waals surface area contributed by atoms with Crippen molar-refractivity contribution in [1.82, 2.24) is 19.5 Å². The molecule has 2 saturated heterocycles. The highest BCUT2D eigenvalue weighted by molar-refractivity contribution is 5.80. The maximum absolute atomic E-state index is 11.7. The average molecular weight is 462 g/mol. The molecule has 2 aliphatic heterocycles. The van der Waals surface area contributed by atoms with Gasteiger partial charge in [0.15, 0.2) is 11.5 Å². The molecule has 0 bridgehead atoms. The first-order valence-corrected chi connectivity index (χ1v) is 11.9. The maximum atomic E-state index is 11.7. The Labute approximate surface area is 199 Å². The van der Waals surface area contributed by atoms with Gasteiger partial charge in [0.2, 0.25) is 5.91 Å². The molecule has 0 atom stereocenters. The smallest absolute Gasteiger partial charge is 0.219 e. The van der Waals surface area contributed by atoms with Gasteiger partial charge in [0, 0.05) is 51.2 Å². The highest BCUT2D eigenvalue weighted by Gasteiger charge is 2.25. The Morgan fingerprint density at radius 1 is 1.15 bits per heavy atom. The van der Waals surface area contributed by atoms with Crippen LogP contribution < -0.4 is 10.3 Å². The molecule has 0 aliphatic carbocycles. The van der Waals surface area contributed by atoms with Crippen LogP contribution in [0.25, 0.3) is 5.65 Å². The molecule has 9 heteroatoms. The normalized spacial score (nSPS) is 17.6. The van der Waals surface area contributed by atoms with Crippen LogP contribution in [0.15, 0.2) is 41.5 Å². The molecule has 1 N–H and O–H groups in total. The third-order valence-electron chi connectivity index (χ3n) is 6.56. The Bertz CT molecular complexity index is 1190. The molecule has 3 aromatic rings. The number of nitrogens with zero attached hydrogens (tertiary/aromatic N) is 6. The fourth-order valence-corrected chi connectivity index (χ4v) is 4.66. The van der Waals surface area contributed by atoms with E-state index in [0.717, 1.165) is 61.7 Å². The number of nitrogens with one attached hydrogen (secondary N) is 1. The van der Waals surface area contributed by atoms with Crippen LogP contribution in [0.2, 0.25) is 0 Å². The molecule has 4 heterocycles. The van der Waals surface area contributed by atoms with Gasteiger partial charge >= 0.3 is 0 Å². The summed E-state index contributed by atoms with van der Waals surface area (Å²) < 4.78 is 7.50. The standard InChI is InChI=1S/C25H31N7O2/c1-18-4-3-5-20(14-18)17-26-28-23-16-25(31-10-12-34-13-11-31)32-24(27-23)15-22(29-32)21-6-8-30(9-7-21)19(2)33/h3-5,14-17,21H,6-13H2,1-2H3,(H,27,28)/b26-17+. The number of carbonyl (C=O) groups excluding carboxylic acids is 1. The van der Waals surface area contributed by atoms with Crippen molar-refractivity contribution in [2.24, 2.45) is 5.10 Å². The molecule has 1 aromatic carbocycles. The number of amides is 1. The Kier molecular flexibility index (Phi) is 6.44. The van der Waals surface area contributed by atoms with Crippen LogP contribution in [-0.4, -0.2) is 71.0 Å². The highest BCUT2D eigenvalue weighted by Crippen LogP contribution is 2.30. The maximum Gasteiger partial charge on any atom is 0.219 e. The minimum atomic E-state index is 0.145. The second-order valence-corrected chi connectivity index (χ2v) is 9.00. The van der Waals surface area contributed by atoms with Crippen molar-refractivity contribution < 1.29 is 9.53 Å². The first kappa shape index (κ1) is 22.3. The van der Waals surface area contributed by atoms with E-state index in [1.54, 1.807) is 13.1 Å². The quantitative estimate of drug-likeness (QED) is 0.464. The van der Waals surface area contributed by atoms with Gasteiger partial charge in [-0.25, -0.2) is 4.98 Å². The monoisotopic (exact) mass is 461 g/mol. The Hall–Kier alpha value is -3.46. The lowest BCUT2D eigenvalue weighted by Gasteiger charge is -2.30. The van der Waals surface area contributed by atoms with E-state index in [2.05, 4.69) is 40.5 Å². The van der Waals surface area contributed by atoms with Crippen LogP contribution in [0.1, 0.15) is 42.5 Å². The second kappa shape index (κ2) is 9.80. The number of carbonyl (C=O) groups is 1. The molecule has 1 amide bonds. The summed E-state index contributed by atoms with van der Waals surface area (Å²) in [4.78, 5) is 20.7. The summed E-state index contributed by atoms with van der Waals surface area (Å²) in [6.07, 6.45) is 3.64. The molecule has 2 aromatic heterocycles. The molecule has 0 saturated carbocycles. The number of benzene rings is 1. The number of anilines is 2. The van der Waals surface area contributed by atoms with Gasteiger partial charge in [-0.1, -0.05) is 29.8 Å². The van der Waals surface area contributed by atoms with Gasteiger partial charge in [0.25, 0.3) is 0 Å². The van der Waals surface area contributed by atoms with Crippen LogP contribution >= 0.6 is 0 Å². The van der Waals surface area contributed by atoms with E-state index < -0.39 is 0 Å². The summed E-state index contributed by atoms with van der Waals surface area (Å²) in [7, 11) is 0. The number of hydrogen-bond acceptors (Lipinski definition) is 7. The molecule has 0 unspecified atom stereocenters. The first-order chi connectivity index (χ1) is 16.6. The number of morpholine rings is 1. The van der Waals surface area contributed by atoms with Gasteiger partial charge < -0.3 is 14.5 Å². The molecule has 2 aliphatic rings. The summed E-state index contributed by atoms with van der Waals surface area (Å²) in [5.41, 5.74) is 7.16. The molecular formula is C25H31N7O2. The van der Waals surface area contributed by atoms with Crippen molar-refractivity contribution in [3.8, 4) is 0 Å². The van der Waals surface area contributed by atoms with Crippen LogP contribution in [0.5, 0.6) is 0 Å². The molecule has 0 radical (unpaired) electrons. The summed E-state index contributed by atoms with van der Waals surface area (Å²) >= 11 is 0. The van der Waals surface area contributed by atoms with Crippen molar-refractivity contribution in [2.75, 3.05) is 49.7 Å². The molecule has 2 fully saturated rings. The van der Waals surface area contributed by atoms with Gasteiger partial charge in [-0.3, -0.25) is 10.2 Å². The third-order valence-corrected chi connectivity index (χ3v) is 6.56. The molecule has 178 valence electrons. The summed E-state index contributed by atoms with van der Waals surface area (Å²) in [5, 5.41) is 9.38. The number of piperidine rings is 1. The van der Waals surface area contributed by atoms with E-state index in [9.17, 15) is 4.79 Å². The van der Waals surface area contributed by atoms with Crippen LogP contribution in [0.4, 0.5) is 11.6 Å². The van der Waals surface area contributed by atoms with E-state index in [-0.39, 0.29) is 5.91 Å². The SMILES string of the molecule is CC(=O)N1CCC(c2cc3nc(N/N=C/c4cccc(C)c4)cc(N4CCOCC4)n3n2)CC1. The van der Waals surface area contributed by atoms with Gasteiger partial charge in [0.05, 0.1) is 25.1 Å². The van der Waals surface area contributed by atoms with Crippen molar-refractivity contribution in [3.63, 3.8) is 0 Å². The van der Waals surface area contributed by atoms with Crippen molar-refractivity contribution >= 4 is 29.4 Å². The predicted molar refractivity (Wildman–Crippen MR) is 133 cm³/mol. The number of likely N-dealkylation sites (tertiary alicyclic amines) is 1. The second-order valence-electron chi connectivity index (χ2n) is 9.00. The molecule has 0 spiro atoms. The lowest BCUT2D eigenvalue weighted by Crippen LogP contribution is -2.37. The van der Waals surface area contributed by atoms with Crippen molar-refractivity contribution in [3.05, 3.63) is 53.2 Å². The van der Waals surface area contributed by atoms with Crippen LogP contribution in [0, 0.1) is 6.92 Å². The Morgan fingerprint density at radius 2 is 1.94 bits per heavy atom. The number of fused-ring (bicyclic) bond motifs is 1. The lowest BCUT2D eigenvalue weighted by molar-refractivity contribution is -0.129.